The van der Waals surface area contributed by atoms with Crippen LogP contribution in [-0.4, -0.2) is 28.9 Å². The third kappa shape index (κ3) is 3.02. The second kappa shape index (κ2) is 7.17. The molecule has 0 amide bonds. The molecule has 1 atom stereocenters. The lowest BCUT2D eigenvalue weighted by atomic mass is 10.2. The zero-order valence-electron chi connectivity index (χ0n) is 16.7. The predicted molar refractivity (Wildman–Crippen MR) is 104 cm³/mol. The van der Waals surface area contributed by atoms with Crippen molar-refractivity contribution in [3.05, 3.63) is 32.7 Å². The second-order valence-electron chi connectivity index (χ2n) is 7.24. The summed E-state index contributed by atoms with van der Waals surface area (Å²) in [5, 5.41) is 0. The molecule has 0 bridgehead atoms. The molecule has 3 rings (SSSR count). The number of carbonyl (C=O) groups excluding carboxylic acids is 1. The molecular formula is C19H27N5O3. The highest BCUT2D eigenvalue weighted by Crippen LogP contribution is 2.18. The van der Waals surface area contributed by atoms with E-state index in [1.807, 2.05) is 13.1 Å². The summed E-state index contributed by atoms with van der Waals surface area (Å²) < 4.78 is 6.20. The number of fused-ring (bicyclic) bond motifs is 3. The molecule has 0 fully saturated rings. The number of rotatable bonds is 7. The minimum absolute atomic E-state index is 0.237. The number of aromatic nitrogens is 5. The van der Waals surface area contributed by atoms with Crippen molar-refractivity contribution in [2.75, 3.05) is 0 Å². The molecule has 0 spiro atoms. The van der Waals surface area contributed by atoms with Crippen molar-refractivity contribution in [2.24, 2.45) is 7.05 Å². The summed E-state index contributed by atoms with van der Waals surface area (Å²) in [6.45, 7) is 7.92. The number of hydrogen-bond acceptors (Lipinski definition) is 4. The Balaban J connectivity index is 2.24. The van der Waals surface area contributed by atoms with E-state index < -0.39 is 17.3 Å². The topological polar surface area (TPSA) is 83.3 Å². The number of unbranched alkanes of at least 4 members (excludes halogenated alkanes) is 3. The molecule has 3 heterocycles. The van der Waals surface area contributed by atoms with Gasteiger partial charge in [0.1, 0.15) is 0 Å². The molecule has 27 heavy (non-hydrogen) atoms. The van der Waals surface area contributed by atoms with E-state index in [0.717, 1.165) is 29.6 Å². The van der Waals surface area contributed by atoms with E-state index in [2.05, 4.69) is 16.5 Å². The van der Waals surface area contributed by atoms with Gasteiger partial charge in [-0.15, -0.1) is 0 Å². The molecule has 3 aromatic rings. The summed E-state index contributed by atoms with van der Waals surface area (Å²) in [4.78, 5) is 42.1. The molecular weight excluding hydrogens is 346 g/mol. The third-order valence-electron chi connectivity index (χ3n) is 5.30. The monoisotopic (exact) mass is 373 g/mol. The summed E-state index contributed by atoms with van der Waals surface area (Å²) in [6.07, 6.45) is 6.41. The van der Waals surface area contributed by atoms with Gasteiger partial charge in [-0.05, 0) is 27.2 Å². The first-order chi connectivity index (χ1) is 12.8. The van der Waals surface area contributed by atoms with E-state index in [9.17, 15) is 14.4 Å². The van der Waals surface area contributed by atoms with Crippen molar-refractivity contribution >= 4 is 22.7 Å². The minimum Gasteiger partial charge on any atom is -0.314 e. The van der Waals surface area contributed by atoms with Crippen LogP contribution in [0.2, 0.25) is 0 Å². The maximum atomic E-state index is 13.1. The van der Waals surface area contributed by atoms with Crippen LogP contribution in [-0.2, 0) is 18.4 Å². The van der Waals surface area contributed by atoms with Crippen LogP contribution < -0.4 is 11.2 Å². The summed E-state index contributed by atoms with van der Waals surface area (Å²) in [5.41, 5.74) is 0.675. The molecule has 0 radical (unpaired) electrons. The Morgan fingerprint density at radius 2 is 1.93 bits per heavy atom. The van der Waals surface area contributed by atoms with Gasteiger partial charge >= 0.3 is 5.69 Å². The van der Waals surface area contributed by atoms with Crippen LogP contribution in [0.3, 0.4) is 0 Å². The molecule has 8 nitrogen and oxygen atoms in total. The molecule has 0 aliphatic rings. The predicted octanol–water partition coefficient (Wildman–Crippen LogP) is 2.19. The largest absolute Gasteiger partial charge is 0.333 e. The van der Waals surface area contributed by atoms with Gasteiger partial charge in [0.25, 0.3) is 5.56 Å². The fourth-order valence-electron chi connectivity index (χ4n) is 3.52. The van der Waals surface area contributed by atoms with E-state index in [0.29, 0.717) is 16.9 Å². The minimum atomic E-state index is -0.816. The van der Waals surface area contributed by atoms with Crippen molar-refractivity contribution in [3.8, 4) is 0 Å². The van der Waals surface area contributed by atoms with Crippen molar-refractivity contribution in [1.82, 2.24) is 23.1 Å². The van der Waals surface area contributed by atoms with E-state index in [1.165, 1.54) is 24.3 Å². The lowest BCUT2D eigenvalue weighted by Gasteiger charge is -2.12. The van der Waals surface area contributed by atoms with Gasteiger partial charge in [0.15, 0.2) is 16.9 Å². The molecule has 0 N–H and O–H groups in total. The molecule has 0 unspecified atom stereocenters. The summed E-state index contributed by atoms with van der Waals surface area (Å²) in [7, 11) is 1.58. The van der Waals surface area contributed by atoms with Crippen LogP contribution in [0, 0.1) is 6.92 Å². The first kappa shape index (κ1) is 19.1. The zero-order chi connectivity index (χ0) is 19.9. The molecule has 8 heteroatoms. The highest BCUT2D eigenvalue weighted by molar-refractivity contribution is 5.80. The lowest BCUT2D eigenvalue weighted by molar-refractivity contribution is -0.119. The SMILES string of the molecule is CCCCCCn1c(C)cn2c3c(=O)n([C@H](C)C(C)=O)c(=O)n(C)c3nc12. The molecule has 0 saturated carbocycles. The van der Waals surface area contributed by atoms with Gasteiger partial charge in [0.05, 0.1) is 6.04 Å². The van der Waals surface area contributed by atoms with Gasteiger partial charge in [-0.2, -0.15) is 4.98 Å². The molecule has 0 aliphatic carbocycles. The Morgan fingerprint density at radius 3 is 2.56 bits per heavy atom. The second-order valence-corrected chi connectivity index (χ2v) is 7.24. The first-order valence-corrected chi connectivity index (χ1v) is 9.49. The number of imidazole rings is 2. The standard InChI is InChI=1S/C19H27N5O3/c1-6-7-8-9-10-22-12(2)11-23-15-16(20-18(22)23)21(5)19(27)24(17(15)26)13(3)14(4)25/h11,13H,6-10H2,1-5H3/t13-/m1/s1. The maximum Gasteiger partial charge on any atom is 0.333 e. The van der Waals surface area contributed by atoms with Crippen molar-refractivity contribution < 1.29 is 4.79 Å². The quantitative estimate of drug-likeness (QED) is 0.594. The number of carbonyl (C=O) groups is 1. The fourth-order valence-corrected chi connectivity index (χ4v) is 3.52. The first-order valence-electron chi connectivity index (χ1n) is 9.49. The fraction of sp³-hybridized carbons (Fsp3) is 0.579. The van der Waals surface area contributed by atoms with Crippen LogP contribution >= 0.6 is 0 Å². The Labute approximate surface area is 157 Å². The third-order valence-corrected chi connectivity index (χ3v) is 5.30. The number of aryl methyl sites for hydroxylation is 3. The van der Waals surface area contributed by atoms with E-state index in [4.69, 9.17) is 0 Å². The number of hydrogen-bond donors (Lipinski definition) is 0. The molecule has 0 aromatic carbocycles. The number of nitrogens with zero attached hydrogens (tertiary/aromatic N) is 5. The summed E-state index contributed by atoms with van der Waals surface area (Å²) in [6, 6.07) is -0.816. The van der Waals surface area contributed by atoms with Crippen molar-refractivity contribution in [3.63, 3.8) is 0 Å². The molecule has 3 aromatic heterocycles. The van der Waals surface area contributed by atoms with Crippen molar-refractivity contribution in [2.45, 2.75) is 66.0 Å². The van der Waals surface area contributed by atoms with Crippen LogP contribution in [0.5, 0.6) is 0 Å². The number of Topliss-reactive ketones (excluding diaryl/α,β-unsaturated/α-hetero) is 1. The Kier molecular flexibility index (Phi) is 5.08. The number of ketones is 1. The maximum absolute atomic E-state index is 13.1. The van der Waals surface area contributed by atoms with Gasteiger partial charge in [0, 0.05) is 25.5 Å². The molecule has 146 valence electrons. The van der Waals surface area contributed by atoms with Gasteiger partial charge < -0.3 is 4.57 Å². The Hall–Kier alpha value is -2.64. The normalized spacial score (nSPS) is 12.9. The highest BCUT2D eigenvalue weighted by atomic mass is 16.2. The van der Waals surface area contributed by atoms with E-state index in [1.54, 1.807) is 18.4 Å². The Bertz CT molecular complexity index is 1130. The molecule has 0 saturated heterocycles. The van der Waals surface area contributed by atoms with Crippen LogP contribution in [0.1, 0.15) is 58.2 Å². The lowest BCUT2D eigenvalue weighted by Crippen LogP contribution is -2.42. The highest BCUT2D eigenvalue weighted by Gasteiger charge is 2.23. The average Bonchev–Trinajstić information content (AvgIpc) is 3.12. The zero-order valence-corrected chi connectivity index (χ0v) is 16.7. The summed E-state index contributed by atoms with van der Waals surface area (Å²) >= 11 is 0. The van der Waals surface area contributed by atoms with Crippen molar-refractivity contribution in [1.29, 1.82) is 0 Å². The smallest absolute Gasteiger partial charge is 0.314 e. The van der Waals surface area contributed by atoms with E-state index >= 15 is 0 Å². The van der Waals surface area contributed by atoms with E-state index in [-0.39, 0.29) is 5.78 Å². The Morgan fingerprint density at radius 1 is 1.22 bits per heavy atom. The average molecular weight is 373 g/mol. The van der Waals surface area contributed by atoms with Crippen LogP contribution in [0.4, 0.5) is 0 Å². The van der Waals surface area contributed by atoms with Gasteiger partial charge in [-0.1, -0.05) is 26.2 Å². The molecule has 0 aliphatic heterocycles. The van der Waals surface area contributed by atoms with Crippen LogP contribution in [0.15, 0.2) is 15.8 Å². The van der Waals surface area contributed by atoms with Crippen LogP contribution in [0.25, 0.3) is 16.9 Å². The van der Waals surface area contributed by atoms with Gasteiger partial charge in [-0.3, -0.25) is 18.6 Å². The van der Waals surface area contributed by atoms with Gasteiger partial charge in [-0.25, -0.2) is 9.36 Å². The van der Waals surface area contributed by atoms with Gasteiger partial charge in [0.2, 0.25) is 5.78 Å². The summed E-state index contributed by atoms with van der Waals surface area (Å²) in [5.74, 6) is 0.415.